The molecule has 0 atom stereocenters. The van der Waals surface area contributed by atoms with Gasteiger partial charge < -0.3 is 15.0 Å². The van der Waals surface area contributed by atoms with Crippen molar-refractivity contribution in [3.8, 4) is 0 Å². The third kappa shape index (κ3) is 2.79. The van der Waals surface area contributed by atoms with Crippen LogP contribution in [0.5, 0.6) is 0 Å². The molecule has 0 rings (SSSR count). The number of hydrogen-bond donors (Lipinski definition) is 0. The van der Waals surface area contributed by atoms with Crippen LogP contribution in [0.15, 0.2) is 0 Å². The highest BCUT2D eigenvalue weighted by Crippen LogP contribution is 2.11. The Morgan fingerprint density at radius 2 is 2.00 bits per heavy atom. The molecule has 0 spiro atoms. The van der Waals surface area contributed by atoms with E-state index in [0.717, 1.165) is 5.06 Å². The minimum absolute atomic E-state index is 0.569. The minimum Gasteiger partial charge on any atom is -0.783 e. The van der Waals surface area contributed by atoms with Crippen molar-refractivity contribution >= 4 is 0 Å². The lowest BCUT2D eigenvalue weighted by atomic mass is 10.3. The topological polar surface area (TPSA) is 35.5 Å². The average molecular weight is 132 g/mol. The number of ether oxygens (including phenoxy) is 1. The molecule has 0 aromatic heterocycles. The van der Waals surface area contributed by atoms with Crippen molar-refractivity contribution in [3.05, 3.63) is 5.21 Å². The van der Waals surface area contributed by atoms with Gasteiger partial charge in [0.25, 0.3) is 0 Å². The first-order valence-corrected chi connectivity index (χ1v) is 3.05. The molecule has 0 aliphatic heterocycles. The summed E-state index contributed by atoms with van der Waals surface area (Å²) in [5.41, 5.74) is -0.672. The Bertz CT molecular complexity index is 81.1. The van der Waals surface area contributed by atoms with Gasteiger partial charge >= 0.3 is 0 Å². The van der Waals surface area contributed by atoms with Gasteiger partial charge in [-0.25, -0.2) is 0 Å². The molecule has 9 heavy (non-hydrogen) atoms. The smallest absolute Gasteiger partial charge is 0.104 e. The van der Waals surface area contributed by atoms with Crippen LogP contribution in [0, 0.1) is 5.21 Å². The summed E-state index contributed by atoms with van der Waals surface area (Å²) < 4.78 is 5.10. The molecule has 0 aliphatic carbocycles. The molecule has 0 radical (unpaired) electrons. The molecule has 3 heteroatoms. The van der Waals surface area contributed by atoms with Crippen LogP contribution >= 0.6 is 0 Å². The lowest BCUT2D eigenvalue weighted by molar-refractivity contribution is -0.0959. The van der Waals surface area contributed by atoms with Gasteiger partial charge in [-0.2, -0.15) is 0 Å². The summed E-state index contributed by atoms with van der Waals surface area (Å²) in [4.78, 5) is 0. The second-order valence-corrected chi connectivity index (χ2v) is 2.38. The van der Waals surface area contributed by atoms with E-state index < -0.39 is 5.72 Å². The van der Waals surface area contributed by atoms with Crippen LogP contribution in [-0.2, 0) is 4.74 Å². The van der Waals surface area contributed by atoms with E-state index in [-0.39, 0.29) is 0 Å². The largest absolute Gasteiger partial charge is 0.783 e. The molecular weight excluding hydrogens is 118 g/mol. The van der Waals surface area contributed by atoms with E-state index in [4.69, 9.17) is 4.74 Å². The van der Waals surface area contributed by atoms with E-state index in [1.54, 1.807) is 13.8 Å². The van der Waals surface area contributed by atoms with Gasteiger partial charge in [0.15, 0.2) is 0 Å². The number of nitrogens with zero attached hydrogens (tertiary/aromatic N) is 1. The lowest BCUT2D eigenvalue weighted by Crippen LogP contribution is -2.39. The molecule has 0 fully saturated rings. The van der Waals surface area contributed by atoms with E-state index >= 15 is 0 Å². The van der Waals surface area contributed by atoms with Gasteiger partial charge in [-0.3, -0.25) is 0 Å². The molecule has 0 saturated heterocycles. The fraction of sp³-hybridized carbons (Fsp3) is 1.00. The van der Waals surface area contributed by atoms with Crippen molar-refractivity contribution in [2.45, 2.75) is 26.5 Å². The Morgan fingerprint density at radius 1 is 1.56 bits per heavy atom. The molecule has 0 saturated carbocycles. The summed E-state index contributed by atoms with van der Waals surface area (Å²) in [6, 6.07) is 0. The van der Waals surface area contributed by atoms with Gasteiger partial charge in [0.1, 0.15) is 5.72 Å². The summed E-state index contributed by atoms with van der Waals surface area (Å²) in [5, 5.41) is 11.4. The van der Waals surface area contributed by atoms with Crippen LogP contribution in [0.25, 0.3) is 0 Å². The Labute approximate surface area is 56.2 Å². The fourth-order valence-corrected chi connectivity index (χ4v) is 0.444. The number of hydrogen-bond acceptors (Lipinski definition) is 3. The summed E-state index contributed by atoms with van der Waals surface area (Å²) in [5.74, 6) is 0. The Kier molecular flexibility index (Phi) is 3.11. The van der Waals surface area contributed by atoms with Gasteiger partial charge in [0.2, 0.25) is 0 Å². The van der Waals surface area contributed by atoms with Crippen molar-refractivity contribution < 1.29 is 4.74 Å². The zero-order chi connectivity index (χ0) is 7.49. The first-order chi connectivity index (χ1) is 4.00. The average Bonchev–Trinajstić information content (AvgIpc) is 1.65. The van der Waals surface area contributed by atoms with Crippen molar-refractivity contribution in [3.63, 3.8) is 0 Å². The van der Waals surface area contributed by atoms with Crippen molar-refractivity contribution in [1.29, 1.82) is 0 Å². The van der Waals surface area contributed by atoms with Crippen molar-refractivity contribution in [2.75, 3.05) is 13.7 Å². The molecule has 0 aromatic rings. The standard InChI is InChI=1S/C6H14NO2/c1-5-9-6(2,3)7(4)8/h5H2,1-4H3/q-1. The van der Waals surface area contributed by atoms with E-state index in [0.29, 0.717) is 6.61 Å². The Hall–Kier alpha value is -0.120. The Morgan fingerprint density at radius 3 is 2.11 bits per heavy atom. The zero-order valence-electron chi connectivity index (χ0n) is 6.47. The van der Waals surface area contributed by atoms with Crippen LogP contribution in [0.1, 0.15) is 20.8 Å². The van der Waals surface area contributed by atoms with Crippen LogP contribution in [-0.4, -0.2) is 24.4 Å². The van der Waals surface area contributed by atoms with Gasteiger partial charge in [0, 0.05) is 6.61 Å². The maximum absolute atomic E-state index is 10.6. The molecule has 3 nitrogen and oxygen atoms in total. The molecule has 0 amide bonds. The highest BCUT2D eigenvalue weighted by atomic mass is 16.6. The predicted molar refractivity (Wildman–Crippen MR) is 36.8 cm³/mol. The number of rotatable bonds is 3. The monoisotopic (exact) mass is 132 g/mol. The SMILES string of the molecule is CCOC(C)(C)N(C)[O-]. The second-order valence-electron chi connectivity index (χ2n) is 2.38. The molecule has 0 bridgehead atoms. The molecule has 0 heterocycles. The second kappa shape index (κ2) is 3.15. The van der Waals surface area contributed by atoms with Crippen LogP contribution in [0.4, 0.5) is 0 Å². The molecule has 0 unspecified atom stereocenters. The van der Waals surface area contributed by atoms with Crippen LogP contribution in [0.2, 0.25) is 0 Å². The van der Waals surface area contributed by atoms with E-state index in [1.807, 2.05) is 6.92 Å². The van der Waals surface area contributed by atoms with E-state index in [1.165, 1.54) is 7.05 Å². The molecular formula is C6H14NO2-. The first-order valence-electron chi connectivity index (χ1n) is 3.05. The lowest BCUT2D eigenvalue weighted by Gasteiger charge is -2.39. The highest BCUT2D eigenvalue weighted by Gasteiger charge is 2.15. The maximum Gasteiger partial charge on any atom is 0.104 e. The van der Waals surface area contributed by atoms with Gasteiger partial charge in [-0.05, 0) is 27.8 Å². The molecule has 0 aliphatic rings. The van der Waals surface area contributed by atoms with Gasteiger partial charge in [-0.15, -0.1) is 0 Å². The minimum atomic E-state index is -0.672. The third-order valence-corrected chi connectivity index (χ3v) is 1.26. The Balaban J connectivity index is 3.70. The molecule has 0 N–H and O–H groups in total. The molecule has 56 valence electrons. The summed E-state index contributed by atoms with van der Waals surface area (Å²) in [6.45, 7) is 5.91. The van der Waals surface area contributed by atoms with Gasteiger partial charge in [-0.1, -0.05) is 0 Å². The predicted octanol–water partition coefficient (Wildman–Crippen LogP) is 1.19. The first kappa shape index (κ1) is 8.88. The van der Waals surface area contributed by atoms with Crippen molar-refractivity contribution in [2.24, 2.45) is 0 Å². The van der Waals surface area contributed by atoms with Crippen LogP contribution < -0.4 is 0 Å². The van der Waals surface area contributed by atoms with Crippen LogP contribution in [0.3, 0.4) is 0 Å². The molecule has 0 aromatic carbocycles. The summed E-state index contributed by atoms with van der Waals surface area (Å²) in [6.07, 6.45) is 0. The summed E-state index contributed by atoms with van der Waals surface area (Å²) in [7, 11) is 1.45. The van der Waals surface area contributed by atoms with Crippen molar-refractivity contribution in [1.82, 2.24) is 5.06 Å². The van der Waals surface area contributed by atoms with E-state index in [2.05, 4.69) is 0 Å². The maximum atomic E-state index is 10.6. The van der Waals surface area contributed by atoms with E-state index in [9.17, 15) is 5.21 Å². The summed E-state index contributed by atoms with van der Waals surface area (Å²) >= 11 is 0. The number of hydroxylamine groups is 2. The highest BCUT2D eigenvalue weighted by molar-refractivity contribution is 4.66. The fourth-order valence-electron chi connectivity index (χ4n) is 0.444. The van der Waals surface area contributed by atoms with Gasteiger partial charge in [0.05, 0.1) is 0 Å². The zero-order valence-corrected chi connectivity index (χ0v) is 6.47. The third-order valence-electron chi connectivity index (χ3n) is 1.26. The quantitative estimate of drug-likeness (QED) is 0.427. The normalized spacial score (nSPS) is 12.7.